The van der Waals surface area contributed by atoms with Gasteiger partial charge in [-0.15, -0.1) is 0 Å². The summed E-state index contributed by atoms with van der Waals surface area (Å²) in [7, 11) is 0.266. The number of benzene rings is 1. The number of nitrogens with zero attached hydrogens (tertiary/aromatic N) is 1. The van der Waals surface area contributed by atoms with Gasteiger partial charge in [-0.25, -0.2) is 0 Å². The summed E-state index contributed by atoms with van der Waals surface area (Å²) in [6.45, 7) is 0. The molecule has 0 aliphatic heterocycles. The molecular formula is C13H13ClN2O2S. The fraction of sp³-hybridized carbons (Fsp3) is 0.154. The Morgan fingerprint density at radius 1 is 1.42 bits per heavy atom. The standard InChI is InChI=1S/C13H13ClN2O2S/c1-18-12-6-10(15)2-3-13(12)19(17)8-9-4-5-16-7-11(9)14/h2-7H,8,15H2,1H3. The Hall–Kier alpha value is -1.59. The lowest BCUT2D eigenvalue weighted by Crippen LogP contribution is -2.01. The molecule has 4 nitrogen and oxygen atoms in total. The van der Waals surface area contributed by atoms with E-state index in [4.69, 9.17) is 22.1 Å². The first kappa shape index (κ1) is 13.8. The number of hydrogen-bond donors (Lipinski definition) is 1. The van der Waals surface area contributed by atoms with E-state index in [2.05, 4.69) is 4.98 Å². The molecule has 2 aromatic rings. The molecule has 1 unspecified atom stereocenters. The van der Waals surface area contributed by atoms with Gasteiger partial charge in [0.2, 0.25) is 0 Å². The van der Waals surface area contributed by atoms with Crippen LogP contribution in [0.3, 0.4) is 0 Å². The predicted octanol–water partition coefficient (Wildman–Crippen LogP) is 2.63. The Kier molecular flexibility index (Phi) is 4.39. The minimum Gasteiger partial charge on any atom is -0.495 e. The third-order valence-corrected chi connectivity index (χ3v) is 4.32. The first-order valence-corrected chi connectivity index (χ1v) is 7.22. The van der Waals surface area contributed by atoms with Crippen LogP contribution < -0.4 is 10.5 Å². The van der Waals surface area contributed by atoms with E-state index in [0.717, 1.165) is 5.56 Å². The lowest BCUT2D eigenvalue weighted by atomic mass is 10.3. The molecule has 2 N–H and O–H groups in total. The average Bonchev–Trinajstić information content (AvgIpc) is 2.41. The molecule has 0 spiro atoms. The first-order chi connectivity index (χ1) is 9.11. The molecule has 0 aliphatic carbocycles. The summed E-state index contributed by atoms with van der Waals surface area (Å²) < 4.78 is 17.6. The molecule has 100 valence electrons. The predicted molar refractivity (Wildman–Crippen MR) is 76.8 cm³/mol. The van der Waals surface area contributed by atoms with Crippen LogP contribution in [-0.2, 0) is 16.6 Å². The van der Waals surface area contributed by atoms with Gasteiger partial charge in [-0.2, -0.15) is 0 Å². The minimum atomic E-state index is -1.26. The molecule has 0 amide bonds. The lowest BCUT2D eigenvalue weighted by Gasteiger charge is -2.09. The summed E-state index contributed by atoms with van der Waals surface area (Å²) in [4.78, 5) is 4.50. The molecule has 0 radical (unpaired) electrons. The van der Waals surface area contributed by atoms with Gasteiger partial charge in [0, 0.05) is 24.1 Å². The van der Waals surface area contributed by atoms with Crippen molar-refractivity contribution in [1.82, 2.24) is 4.98 Å². The van der Waals surface area contributed by atoms with Gasteiger partial charge in [0.15, 0.2) is 0 Å². The smallest absolute Gasteiger partial charge is 0.137 e. The quantitative estimate of drug-likeness (QED) is 0.881. The molecule has 0 saturated heterocycles. The van der Waals surface area contributed by atoms with Crippen molar-refractivity contribution in [3.8, 4) is 5.75 Å². The molecular weight excluding hydrogens is 284 g/mol. The lowest BCUT2D eigenvalue weighted by molar-refractivity contribution is 0.404. The zero-order valence-electron chi connectivity index (χ0n) is 10.3. The molecule has 1 atom stereocenters. The van der Waals surface area contributed by atoms with Gasteiger partial charge in [-0.1, -0.05) is 11.6 Å². The molecule has 6 heteroatoms. The molecule has 19 heavy (non-hydrogen) atoms. The van der Waals surface area contributed by atoms with E-state index in [9.17, 15) is 4.21 Å². The van der Waals surface area contributed by atoms with Crippen molar-refractivity contribution in [3.05, 3.63) is 47.2 Å². The van der Waals surface area contributed by atoms with Crippen molar-refractivity contribution in [2.24, 2.45) is 0 Å². The maximum absolute atomic E-state index is 12.4. The largest absolute Gasteiger partial charge is 0.495 e. The van der Waals surface area contributed by atoms with Crippen LogP contribution in [0.2, 0.25) is 5.02 Å². The average molecular weight is 297 g/mol. The van der Waals surface area contributed by atoms with Crippen molar-refractivity contribution >= 4 is 28.1 Å². The Morgan fingerprint density at radius 3 is 2.89 bits per heavy atom. The molecule has 1 aromatic heterocycles. The van der Waals surface area contributed by atoms with Gasteiger partial charge in [0.1, 0.15) is 5.75 Å². The van der Waals surface area contributed by atoms with Gasteiger partial charge in [0.25, 0.3) is 0 Å². The minimum absolute atomic E-state index is 0.307. The second kappa shape index (κ2) is 6.04. The molecule has 0 saturated carbocycles. The fourth-order valence-corrected chi connectivity index (χ4v) is 3.15. The monoisotopic (exact) mass is 296 g/mol. The van der Waals surface area contributed by atoms with Crippen LogP contribution in [0.1, 0.15) is 5.56 Å². The number of nitrogens with two attached hydrogens (primary N) is 1. The molecule has 0 fully saturated rings. The number of rotatable bonds is 4. The first-order valence-electron chi connectivity index (χ1n) is 5.52. The second-order valence-electron chi connectivity index (χ2n) is 3.87. The zero-order valence-corrected chi connectivity index (χ0v) is 11.9. The number of hydrogen-bond acceptors (Lipinski definition) is 4. The zero-order chi connectivity index (χ0) is 13.8. The normalized spacial score (nSPS) is 12.1. The molecule has 2 rings (SSSR count). The molecule has 0 bridgehead atoms. The van der Waals surface area contributed by atoms with Crippen molar-refractivity contribution in [3.63, 3.8) is 0 Å². The Balaban J connectivity index is 2.28. The third kappa shape index (κ3) is 3.24. The van der Waals surface area contributed by atoms with Gasteiger partial charge < -0.3 is 10.5 Å². The molecule has 1 aromatic carbocycles. The highest BCUT2D eigenvalue weighted by atomic mass is 35.5. The van der Waals surface area contributed by atoms with Crippen molar-refractivity contribution < 1.29 is 8.95 Å². The van der Waals surface area contributed by atoms with Crippen LogP contribution in [0.5, 0.6) is 5.75 Å². The van der Waals surface area contributed by atoms with E-state index in [0.29, 0.717) is 27.1 Å². The molecule has 1 heterocycles. The number of anilines is 1. The van der Waals surface area contributed by atoms with Crippen LogP contribution in [0.15, 0.2) is 41.6 Å². The summed E-state index contributed by atoms with van der Waals surface area (Å²) in [6, 6.07) is 6.81. The molecule has 0 aliphatic rings. The Bertz CT molecular complexity index is 619. The van der Waals surface area contributed by atoms with Crippen LogP contribution in [0.4, 0.5) is 5.69 Å². The Morgan fingerprint density at radius 2 is 2.21 bits per heavy atom. The second-order valence-corrected chi connectivity index (χ2v) is 5.69. The number of halogens is 1. The highest BCUT2D eigenvalue weighted by molar-refractivity contribution is 7.84. The number of aromatic nitrogens is 1. The summed E-state index contributed by atoms with van der Waals surface area (Å²) in [5, 5.41) is 0.505. The summed E-state index contributed by atoms with van der Waals surface area (Å²) in [6.07, 6.45) is 3.16. The number of nitrogen functional groups attached to an aromatic ring is 1. The van der Waals surface area contributed by atoms with Crippen LogP contribution in [0, 0.1) is 0 Å². The van der Waals surface area contributed by atoms with Gasteiger partial charge in [-0.3, -0.25) is 9.19 Å². The highest BCUT2D eigenvalue weighted by Crippen LogP contribution is 2.27. The number of ether oxygens (including phenoxy) is 1. The maximum Gasteiger partial charge on any atom is 0.137 e. The van der Waals surface area contributed by atoms with Crippen LogP contribution in [0.25, 0.3) is 0 Å². The van der Waals surface area contributed by atoms with Crippen LogP contribution in [-0.4, -0.2) is 16.3 Å². The fourth-order valence-electron chi connectivity index (χ4n) is 1.61. The van der Waals surface area contributed by atoms with E-state index in [1.54, 1.807) is 30.5 Å². The third-order valence-electron chi connectivity index (χ3n) is 2.58. The summed E-state index contributed by atoms with van der Waals surface area (Å²) in [5.74, 6) is 0.824. The van der Waals surface area contributed by atoms with Crippen LogP contribution >= 0.6 is 11.6 Å². The summed E-state index contributed by atoms with van der Waals surface area (Å²) >= 11 is 6.01. The number of pyridine rings is 1. The summed E-state index contributed by atoms with van der Waals surface area (Å²) in [5.41, 5.74) is 7.03. The number of methoxy groups -OCH3 is 1. The van der Waals surface area contributed by atoms with Crippen molar-refractivity contribution in [2.75, 3.05) is 12.8 Å². The Labute approximate surface area is 119 Å². The van der Waals surface area contributed by atoms with Crippen molar-refractivity contribution in [1.29, 1.82) is 0 Å². The van der Waals surface area contributed by atoms with E-state index in [1.807, 2.05) is 0 Å². The van der Waals surface area contributed by atoms with Gasteiger partial charge in [0.05, 0.1) is 33.6 Å². The maximum atomic E-state index is 12.4. The highest BCUT2D eigenvalue weighted by Gasteiger charge is 2.13. The van der Waals surface area contributed by atoms with E-state index < -0.39 is 10.8 Å². The van der Waals surface area contributed by atoms with E-state index in [1.165, 1.54) is 13.3 Å². The van der Waals surface area contributed by atoms with Gasteiger partial charge in [-0.05, 0) is 23.8 Å². The van der Waals surface area contributed by atoms with Gasteiger partial charge >= 0.3 is 0 Å². The SMILES string of the molecule is COc1cc(N)ccc1S(=O)Cc1ccncc1Cl. The topological polar surface area (TPSA) is 65.2 Å². The van der Waals surface area contributed by atoms with E-state index >= 15 is 0 Å². The van der Waals surface area contributed by atoms with E-state index in [-0.39, 0.29) is 0 Å². The van der Waals surface area contributed by atoms with Crippen molar-refractivity contribution in [2.45, 2.75) is 10.6 Å².